The Morgan fingerprint density at radius 1 is 1.55 bits per heavy atom. The van der Waals surface area contributed by atoms with Crippen LogP contribution in [0.3, 0.4) is 0 Å². The highest BCUT2D eigenvalue weighted by Crippen LogP contribution is 2.31. The van der Waals surface area contributed by atoms with E-state index in [-0.39, 0.29) is 18.0 Å². The number of ether oxygens (including phenoxy) is 2. The molecule has 1 aliphatic carbocycles. The third-order valence-electron chi connectivity index (χ3n) is 3.01. The average Bonchev–Trinajstić information content (AvgIpc) is 3.26. The Morgan fingerprint density at radius 2 is 2.30 bits per heavy atom. The lowest BCUT2D eigenvalue weighted by Gasteiger charge is -2.10. The smallest absolute Gasteiger partial charge is 0.311 e. The first-order valence-electron chi connectivity index (χ1n) is 6.45. The molecule has 0 saturated heterocycles. The predicted octanol–water partition coefficient (Wildman–Crippen LogP) is 2.29. The molecule has 2 rings (SSSR count). The topological polar surface area (TPSA) is 73.6 Å². The maximum Gasteiger partial charge on any atom is 0.311 e. The van der Waals surface area contributed by atoms with Crippen LogP contribution in [0.2, 0.25) is 0 Å². The summed E-state index contributed by atoms with van der Waals surface area (Å²) >= 11 is 0. The number of nitrogens with one attached hydrogen (secondary N) is 1. The van der Waals surface area contributed by atoms with Crippen molar-refractivity contribution >= 4 is 5.69 Å². The molecular formula is C14H18N2O4. The Labute approximate surface area is 117 Å². The summed E-state index contributed by atoms with van der Waals surface area (Å²) < 4.78 is 10.5. The molecule has 1 N–H and O–H groups in total. The van der Waals surface area contributed by atoms with Crippen LogP contribution < -0.4 is 14.8 Å². The Morgan fingerprint density at radius 3 is 2.90 bits per heavy atom. The van der Waals surface area contributed by atoms with Gasteiger partial charge in [0.05, 0.1) is 12.0 Å². The molecule has 1 saturated carbocycles. The minimum absolute atomic E-state index is 0.0752. The minimum Gasteiger partial charge on any atom is -0.497 e. The fraction of sp³-hybridized carbons (Fsp3) is 0.429. The Balaban J connectivity index is 1.95. The zero-order valence-corrected chi connectivity index (χ0v) is 11.4. The highest BCUT2D eigenvalue weighted by atomic mass is 16.6. The van der Waals surface area contributed by atoms with E-state index in [2.05, 4.69) is 11.9 Å². The van der Waals surface area contributed by atoms with Gasteiger partial charge in [0.2, 0.25) is 5.75 Å². The van der Waals surface area contributed by atoms with Crippen molar-refractivity contribution < 1.29 is 14.4 Å². The van der Waals surface area contributed by atoms with Crippen LogP contribution in [0.5, 0.6) is 11.5 Å². The van der Waals surface area contributed by atoms with Gasteiger partial charge in [-0.25, -0.2) is 0 Å². The van der Waals surface area contributed by atoms with Crippen LogP contribution in [0.4, 0.5) is 5.69 Å². The first-order valence-corrected chi connectivity index (χ1v) is 6.45. The number of nitro benzene ring substituents is 1. The number of hydrogen-bond acceptors (Lipinski definition) is 5. The Kier molecular flexibility index (Phi) is 4.57. The molecule has 0 radical (unpaired) electrons. The fourth-order valence-corrected chi connectivity index (χ4v) is 1.69. The van der Waals surface area contributed by atoms with Crippen LogP contribution in [0.1, 0.15) is 12.8 Å². The number of hydrogen-bond donors (Lipinski definition) is 1. The second-order valence-electron chi connectivity index (χ2n) is 4.78. The molecule has 1 aliphatic rings. The van der Waals surface area contributed by atoms with Crippen molar-refractivity contribution in [3.05, 3.63) is 40.5 Å². The molecule has 108 valence electrons. The van der Waals surface area contributed by atoms with E-state index in [4.69, 9.17) is 9.47 Å². The molecular weight excluding hydrogens is 260 g/mol. The van der Waals surface area contributed by atoms with E-state index in [0.29, 0.717) is 18.3 Å². The summed E-state index contributed by atoms with van der Waals surface area (Å²) in [6.07, 6.45) is 2.41. The molecule has 1 aromatic carbocycles. The SMILES string of the molecule is C=C(CNC1CC1)COc1cc(OC)ccc1[N+](=O)[O-]. The first-order chi connectivity index (χ1) is 9.60. The zero-order chi connectivity index (χ0) is 14.5. The molecule has 0 bridgehead atoms. The molecule has 0 heterocycles. The molecule has 0 amide bonds. The van der Waals surface area contributed by atoms with Gasteiger partial charge in [0, 0.05) is 24.7 Å². The molecule has 1 fully saturated rings. The van der Waals surface area contributed by atoms with Crippen molar-refractivity contribution in [2.75, 3.05) is 20.3 Å². The lowest BCUT2D eigenvalue weighted by Crippen LogP contribution is -2.21. The largest absolute Gasteiger partial charge is 0.497 e. The van der Waals surface area contributed by atoms with Crippen molar-refractivity contribution in [3.8, 4) is 11.5 Å². The summed E-state index contributed by atoms with van der Waals surface area (Å²) in [5.41, 5.74) is 0.780. The lowest BCUT2D eigenvalue weighted by molar-refractivity contribution is -0.385. The summed E-state index contributed by atoms with van der Waals surface area (Å²) in [5.74, 6) is 0.717. The van der Waals surface area contributed by atoms with Crippen LogP contribution >= 0.6 is 0 Å². The molecule has 0 aromatic heterocycles. The number of benzene rings is 1. The quantitative estimate of drug-likeness (QED) is 0.448. The van der Waals surface area contributed by atoms with E-state index in [1.807, 2.05) is 0 Å². The van der Waals surface area contributed by atoms with Gasteiger partial charge in [-0.15, -0.1) is 0 Å². The standard InChI is InChI=1S/C14H18N2O4/c1-10(8-15-11-3-4-11)9-20-14-7-12(19-2)5-6-13(14)16(17)18/h5-7,11,15H,1,3-4,8-9H2,2H3. The monoisotopic (exact) mass is 278 g/mol. The van der Waals surface area contributed by atoms with Gasteiger partial charge in [0.15, 0.2) is 0 Å². The van der Waals surface area contributed by atoms with E-state index < -0.39 is 4.92 Å². The minimum atomic E-state index is -0.472. The number of nitrogens with zero attached hydrogens (tertiary/aromatic N) is 1. The van der Waals surface area contributed by atoms with E-state index in [9.17, 15) is 10.1 Å². The van der Waals surface area contributed by atoms with Crippen LogP contribution in [0.15, 0.2) is 30.4 Å². The highest BCUT2D eigenvalue weighted by molar-refractivity contribution is 5.50. The first kappa shape index (κ1) is 14.3. The van der Waals surface area contributed by atoms with Crippen molar-refractivity contribution in [1.82, 2.24) is 5.32 Å². The molecule has 6 heteroatoms. The molecule has 0 spiro atoms. The van der Waals surface area contributed by atoms with Crippen molar-refractivity contribution in [2.45, 2.75) is 18.9 Å². The number of methoxy groups -OCH3 is 1. The van der Waals surface area contributed by atoms with Crippen molar-refractivity contribution in [2.24, 2.45) is 0 Å². The van der Waals surface area contributed by atoms with E-state index in [0.717, 1.165) is 5.57 Å². The Bertz CT molecular complexity index is 512. The number of rotatable bonds is 8. The summed E-state index contributed by atoms with van der Waals surface area (Å²) in [6.45, 7) is 4.81. The third-order valence-corrected chi connectivity index (χ3v) is 3.01. The van der Waals surface area contributed by atoms with Crippen LogP contribution in [-0.2, 0) is 0 Å². The zero-order valence-electron chi connectivity index (χ0n) is 11.4. The summed E-state index contributed by atoms with van der Waals surface area (Å²) in [5, 5.41) is 14.3. The molecule has 20 heavy (non-hydrogen) atoms. The van der Waals surface area contributed by atoms with Gasteiger partial charge in [-0.05, 0) is 24.5 Å². The van der Waals surface area contributed by atoms with Gasteiger partial charge in [-0.2, -0.15) is 0 Å². The van der Waals surface area contributed by atoms with Gasteiger partial charge in [0.1, 0.15) is 12.4 Å². The van der Waals surface area contributed by atoms with Gasteiger partial charge < -0.3 is 14.8 Å². The van der Waals surface area contributed by atoms with Gasteiger partial charge in [-0.3, -0.25) is 10.1 Å². The normalized spacial score (nSPS) is 13.8. The summed E-state index contributed by atoms with van der Waals surface area (Å²) in [6, 6.07) is 5.02. The Hall–Kier alpha value is -2.08. The van der Waals surface area contributed by atoms with Crippen molar-refractivity contribution in [1.29, 1.82) is 0 Å². The molecule has 0 atom stereocenters. The van der Waals surface area contributed by atoms with Crippen LogP contribution in [0.25, 0.3) is 0 Å². The van der Waals surface area contributed by atoms with Gasteiger partial charge >= 0.3 is 5.69 Å². The fourth-order valence-electron chi connectivity index (χ4n) is 1.69. The summed E-state index contributed by atoms with van der Waals surface area (Å²) in [4.78, 5) is 10.5. The molecule has 0 aliphatic heterocycles. The van der Waals surface area contributed by atoms with Crippen LogP contribution in [-0.4, -0.2) is 31.2 Å². The van der Waals surface area contributed by atoms with Crippen LogP contribution in [0, 0.1) is 10.1 Å². The third kappa shape index (κ3) is 3.96. The summed E-state index contributed by atoms with van der Waals surface area (Å²) in [7, 11) is 1.50. The van der Waals surface area contributed by atoms with Gasteiger partial charge in [-0.1, -0.05) is 6.58 Å². The lowest BCUT2D eigenvalue weighted by atomic mass is 10.2. The molecule has 1 aromatic rings. The van der Waals surface area contributed by atoms with E-state index >= 15 is 0 Å². The van der Waals surface area contributed by atoms with E-state index in [1.165, 1.54) is 38.2 Å². The maximum absolute atomic E-state index is 10.9. The molecule has 0 unspecified atom stereocenters. The van der Waals surface area contributed by atoms with Gasteiger partial charge in [0.25, 0.3) is 0 Å². The van der Waals surface area contributed by atoms with Crippen molar-refractivity contribution in [3.63, 3.8) is 0 Å². The second-order valence-corrected chi connectivity index (χ2v) is 4.78. The number of nitro groups is 1. The second kappa shape index (κ2) is 6.38. The molecule has 6 nitrogen and oxygen atoms in total. The van der Waals surface area contributed by atoms with E-state index in [1.54, 1.807) is 0 Å². The average molecular weight is 278 g/mol. The predicted molar refractivity (Wildman–Crippen MR) is 75.3 cm³/mol. The highest BCUT2D eigenvalue weighted by Gasteiger charge is 2.20. The maximum atomic E-state index is 10.9.